The van der Waals surface area contributed by atoms with Crippen LogP contribution in [-0.2, 0) is 14.2 Å². The Morgan fingerprint density at radius 2 is 1.59 bits per heavy atom. The van der Waals surface area contributed by atoms with E-state index < -0.39 is 53.9 Å². The van der Waals surface area contributed by atoms with E-state index in [0.29, 0.717) is 0 Å². The quantitative estimate of drug-likeness (QED) is 0.552. The van der Waals surface area contributed by atoms with E-state index in [1.807, 2.05) is 4.98 Å². The van der Waals surface area contributed by atoms with Crippen LogP contribution >= 0.6 is 0 Å². The lowest BCUT2D eigenvalue weighted by molar-refractivity contribution is -0.0649. The number of nitrogens with one attached hydrogen (secondary N) is 1. The number of nitrogens with zero attached hydrogens (tertiary/aromatic N) is 1. The number of halogens is 1. The van der Waals surface area contributed by atoms with Crippen LogP contribution in [0.4, 0.5) is 4.39 Å². The Labute approximate surface area is 192 Å². The van der Waals surface area contributed by atoms with Gasteiger partial charge in [-0.25, -0.2) is 18.8 Å². The summed E-state index contributed by atoms with van der Waals surface area (Å²) in [6.07, 6.45) is -3.25. The summed E-state index contributed by atoms with van der Waals surface area (Å²) < 4.78 is 33.4. The molecule has 1 fully saturated rings. The number of hydrogen-bond donors (Lipinski definition) is 1. The van der Waals surface area contributed by atoms with E-state index in [1.165, 1.54) is 12.1 Å². The summed E-state index contributed by atoms with van der Waals surface area (Å²) in [5, 5.41) is 0. The first-order valence-corrected chi connectivity index (χ1v) is 10.4. The standard InChI is InChI=1S/C24H21FN2O7/c1-24(25)19(34-21(30)16-10-6-3-7-11-16)17(14-32-20(29)15-8-4-2-5-9-15)33-22(24)27-13-12-18(28)26-23(27)31/h2-13,17,19,22H,14H2,1H3,(H,26,28,31)/t17-,19?,22-,24?/m0/s1. The SMILES string of the molecule is CC1(F)C(OC(=O)c2ccccc2)[C@H](COC(=O)c2ccccc2)O[C@@H]1n1ccc(=O)[nH]c1=O. The van der Waals surface area contributed by atoms with E-state index in [0.717, 1.165) is 23.8 Å². The number of carbonyl (C=O) groups is 2. The maximum atomic E-state index is 16.1. The van der Waals surface area contributed by atoms with Crippen molar-refractivity contribution in [2.45, 2.75) is 31.0 Å². The first-order chi connectivity index (χ1) is 16.3. The summed E-state index contributed by atoms with van der Waals surface area (Å²) in [6, 6.07) is 17.1. The molecule has 1 N–H and O–H groups in total. The van der Waals surface area contributed by atoms with E-state index in [1.54, 1.807) is 48.5 Å². The molecule has 4 rings (SSSR count). The van der Waals surface area contributed by atoms with Crippen molar-refractivity contribution in [2.75, 3.05) is 6.61 Å². The number of H-pyrrole nitrogens is 1. The van der Waals surface area contributed by atoms with Gasteiger partial charge in [-0.05, 0) is 31.2 Å². The van der Waals surface area contributed by atoms with Crippen LogP contribution in [0.15, 0.2) is 82.5 Å². The van der Waals surface area contributed by atoms with Gasteiger partial charge in [-0.1, -0.05) is 36.4 Å². The average molecular weight is 468 g/mol. The molecule has 0 bridgehead atoms. The molecule has 3 aromatic rings. The number of carbonyl (C=O) groups excluding carboxylic acids is 2. The lowest BCUT2D eigenvalue weighted by Gasteiger charge is -2.27. The number of benzene rings is 2. The van der Waals surface area contributed by atoms with Gasteiger partial charge < -0.3 is 14.2 Å². The second-order valence-corrected chi connectivity index (χ2v) is 7.85. The summed E-state index contributed by atoms with van der Waals surface area (Å²) in [5.74, 6) is -1.49. The highest BCUT2D eigenvalue weighted by molar-refractivity contribution is 5.90. The van der Waals surface area contributed by atoms with Gasteiger partial charge in [0.1, 0.15) is 12.7 Å². The molecule has 34 heavy (non-hydrogen) atoms. The third kappa shape index (κ3) is 4.67. The molecule has 4 atom stereocenters. The van der Waals surface area contributed by atoms with E-state index in [4.69, 9.17) is 14.2 Å². The Hall–Kier alpha value is -4.05. The van der Waals surface area contributed by atoms with Crippen molar-refractivity contribution in [1.29, 1.82) is 0 Å². The molecule has 1 saturated heterocycles. The van der Waals surface area contributed by atoms with Crippen LogP contribution in [0.2, 0.25) is 0 Å². The fraction of sp³-hybridized carbons (Fsp3) is 0.250. The number of esters is 2. The van der Waals surface area contributed by atoms with Crippen LogP contribution < -0.4 is 11.2 Å². The Morgan fingerprint density at radius 1 is 1.00 bits per heavy atom. The molecule has 176 valence electrons. The maximum absolute atomic E-state index is 16.1. The molecule has 0 aliphatic carbocycles. The van der Waals surface area contributed by atoms with E-state index in [2.05, 4.69) is 0 Å². The van der Waals surface area contributed by atoms with Gasteiger partial charge in [0.25, 0.3) is 5.56 Å². The van der Waals surface area contributed by atoms with Gasteiger partial charge in [0, 0.05) is 12.3 Å². The second-order valence-electron chi connectivity index (χ2n) is 7.85. The monoisotopic (exact) mass is 468 g/mol. The van der Waals surface area contributed by atoms with Gasteiger partial charge in [-0.2, -0.15) is 0 Å². The zero-order valence-electron chi connectivity index (χ0n) is 18.1. The smallest absolute Gasteiger partial charge is 0.338 e. The number of hydrogen-bond acceptors (Lipinski definition) is 7. The normalized spacial score (nSPS) is 23.9. The van der Waals surface area contributed by atoms with Crippen LogP contribution in [-0.4, -0.2) is 46.0 Å². The van der Waals surface area contributed by atoms with Crippen LogP contribution in [0.3, 0.4) is 0 Å². The lowest BCUT2D eigenvalue weighted by Crippen LogP contribution is -2.46. The van der Waals surface area contributed by atoms with Gasteiger partial charge in [-0.3, -0.25) is 14.3 Å². The van der Waals surface area contributed by atoms with Crippen molar-refractivity contribution in [3.63, 3.8) is 0 Å². The lowest BCUT2D eigenvalue weighted by atomic mass is 9.98. The number of rotatable bonds is 6. The molecule has 10 heteroatoms. The van der Waals surface area contributed by atoms with Crippen LogP contribution in [0.25, 0.3) is 0 Å². The van der Waals surface area contributed by atoms with Crippen molar-refractivity contribution in [2.24, 2.45) is 0 Å². The molecule has 2 aromatic carbocycles. The van der Waals surface area contributed by atoms with Crippen molar-refractivity contribution < 1.29 is 28.2 Å². The fourth-order valence-corrected chi connectivity index (χ4v) is 3.71. The van der Waals surface area contributed by atoms with Crippen LogP contribution in [0.5, 0.6) is 0 Å². The average Bonchev–Trinajstić information content (AvgIpc) is 3.08. The maximum Gasteiger partial charge on any atom is 0.338 e. The topological polar surface area (TPSA) is 117 Å². The second kappa shape index (κ2) is 9.44. The fourth-order valence-electron chi connectivity index (χ4n) is 3.71. The Kier molecular flexibility index (Phi) is 6.42. The minimum absolute atomic E-state index is 0.183. The molecule has 0 amide bonds. The highest BCUT2D eigenvalue weighted by Gasteiger charge is 2.58. The molecule has 9 nitrogen and oxygen atoms in total. The van der Waals surface area contributed by atoms with Gasteiger partial charge >= 0.3 is 17.6 Å². The molecule has 0 radical (unpaired) electrons. The molecule has 0 spiro atoms. The van der Waals surface area contributed by atoms with Crippen molar-refractivity contribution in [3.8, 4) is 0 Å². The van der Waals surface area contributed by atoms with Gasteiger partial charge in [0.15, 0.2) is 18.0 Å². The summed E-state index contributed by atoms with van der Waals surface area (Å²) in [4.78, 5) is 50.8. The number of alkyl halides is 1. The number of ether oxygens (including phenoxy) is 3. The highest BCUT2D eigenvalue weighted by Crippen LogP contribution is 2.42. The molecule has 2 unspecified atom stereocenters. The third-order valence-corrected chi connectivity index (χ3v) is 5.42. The van der Waals surface area contributed by atoms with E-state index >= 15 is 4.39 Å². The van der Waals surface area contributed by atoms with Crippen LogP contribution in [0, 0.1) is 0 Å². The molecule has 1 aliphatic heterocycles. The van der Waals surface area contributed by atoms with Crippen molar-refractivity contribution in [3.05, 3.63) is 105 Å². The predicted molar refractivity (Wildman–Crippen MR) is 117 cm³/mol. The minimum atomic E-state index is -2.42. The van der Waals surface area contributed by atoms with Crippen LogP contribution in [0.1, 0.15) is 33.9 Å². The summed E-state index contributed by atoms with van der Waals surface area (Å²) in [5.41, 5.74) is -3.54. The van der Waals surface area contributed by atoms with Gasteiger partial charge in [-0.15, -0.1) is 0 Å². The number of aromatic nitrogens is 2. The highest BCUT2D eigenvalue weighted by atomic mass is 19.1. The Morgan fingerprint density at radius 3 is 2.18 bits per heavy atom. The third-order valence-electron chi connectivity index (χ3n) is 5.42. The van der Waals surface area contributed by atoms with Gasteiger partial charge in [0.2, 0.25) is 0 Å². The zero-order valence-corrected chi connectivity index (χ0v) is 18.1. The van der Waals surface area contributed by atoms with Crippen molar-refractivity contribution >= 4 is 11.9 Å². The summed E-state index contributed by atoms with van der Waals surface area (Å²) in [7, 11) is 0. The first kappa shape index (κ1) is 23.1. The largest absolute Gasteiger partial charge is 0.459 e. The molecule has 2 heterocycles. The van der Waals surface area contributed by atoms with Crippen molar-refractivity contribution in [1.82, 2.24) is 9.55 Å². The zero-order chi connectivity index (χ0) is 24.3. The predicted octanol–water partition coefficient (Wildman–Crippen LogP) is 2.24. The molecular weight excluding hydrogens is 447 g/mol. The Balaban J connectivity index is 1.62. The summed E-state index contributed by atoms with van der Waals surface area (Å²) in [6.45, 7) is 0.658. The van der Waals surface area contributed by atoms with Gasteiger partial charge in [0.05, 0.1) is 11.1 Å². The Bertz CT molecular complexity index is 1290. The van der Waals surface area contributed by atoms with E-state index in [-0.39, 0.29) is 11.1 Å². The number of aromatic amines is 1. The first-order valence-electron chi connectivity index (χ1n) is 10.4. The molecule has 0 saturated carbocycles. The molecule has 1 aliphatic rings. The molecular formula is C24H21FN2O7. The minimum Gasteiger partial charge on any atom is -0.459 e. The summed E-state index contributed by atoms with van der Waals surface area (Å²) >= 11 is 0. The molecule has 1 aromatic heterocycles. The van der Waals surface area contributed by atoms with E-state index in [9.17, 15) is 19.2 Å².